The van der Waals surface area contributed by atoms with Gasteiger partial charge in [0.05, 0.1) is 5.56 Å². The van der Waals surface area contributed by atoms with E-state index in [0.717, 1.165) is 25.0 Å². The van der Waals surface area contributed by atoms with Crippen molar-refractivity contribution in [3.8, 4) is 0 Å². The molecule has 31 heavy (non-hydrogen) atoms. The second-order valence-corrected chi connectivity index (χ2v) is 7.96. The number of nitrogens with one attached hydrogen (secondary N) is 1. The molecule has 8 heteroatoms. The largest absolute Gasteiger partial charge is 0.351 e. The lowest BCUT2D eigenvalue weighted by Crippen LogP contribution is -2.54. The average molecular weight is 449 g/mol. The van der Waals surface area contributed by atoms with Gasteiger partial charge in [-0.25, -0.2) is 8.78 Å². The Balaban J connectivity index is 1.73. The molecule has 1 saturated carbocycles. The first kappa shape index (κ1) is 22.9. The van der Waals surface area contributed by atoms with E-state index in [0.29, 0.717) is 29.5 Å². The smallest absolute Gasteiger partial charge is 0.254 e. The molecule has 0 unspecified atom stereocenters. The number of nitrogens with zero attached hydrogens (tertiary/aromatic N) is 1. The fourth-order valence-electron chi connectivity index (χ4n) is 4.06. The molecular weight excluding hydrogens is 426 g/mol. The maximum Gasteiger partial charge on any atom is 0.254 e. The molecule has 2 aromatic rings. The molecule has 1 aliphatic rings. The Morgan fingerprint density at radius 3 is 2.58 bits per heavy atom. The Morgan fingerprint density at radius 1 is 1.16 bits per heavy atom. The second-order valence-electron chi connectivity index (χ2n) is 7.55. The lowest BCUT2D eigenvalue weighted by molar-refractivity contribution is -0.148. The lowest BCUT2D eigenvalue weighted by atomic mass is 9.74. The van der Waals surface area contributed by atoms with Crippen LogP contribution in [0.5, 0.6) is 0 Å². The van der Waals surface area contributed by atoms with Crippen molar-refractivity contribution in [3.63, 3.8) is 0 Å². The van der Waals surface area contributed by atoms with Gasteiger partial charge >= 0.3 is 0 Å². The highest BCUT2D eigenvalue weighted by molar-refractivity contribution is 6.31. The van der Waals surface area contributed by atoms with Gasteiger partial charge in [0.1, 0.15) is 17.2 Å². The Morgan fingerprint density at radius 2 is 1.90 bits per heavy atom. The van der Waals surface area contributed by atoms with E-state index >= 15 is 0 Å². The summed E-state index contributed by atoms with van der Waals surface area (Å²) in [5, 5.41) is 2.88. The molecule has 0 radical (unpaired) electrons. The van der Waals surface area contributed by atoms with Crippen molar-refractivity contribution in [1.82, 2.24) is 10.2 Å². The predicted molar refractivity (Wildman–Crippen MR) is 113 cm³/mol. The zero-order valence-corrected chi connectivity index (χ0v) is 17.8. The Kier molecular flexibility index (Phi) is 7.05. The fourth-order valence-corrected chi connectivity index (χ4v) is 4.35. The number of ketones is 1. The monoisotopic (exact) mass is 448 g/mol. The van der Waals surface area contributed by atoms with Crippen molar-refractivity contribution in [3.05, 3.63) is 70.2 Å². The van der Waals surface area contributed by atoms with Crippen LogP contribution >= 0.6 is 11.6 Å². The van der Waals surface area contributed by atoms with Gasteiger partial charge in [0.2, 0.25) is 5.91 Å². The van der Waals surface area contributed by atoms with Crippen LogP contribution in [-0.4, -0.2) is 36.1 Å². The third kappa shape index (κ3) is 4.61. The van der Waals surface area contributed by atoms with E-state index in [9.17, 15) is 23.2 Å². The van der Waals surface area contributed by atoms with E-state index in [1.54, 1.807) is 31.3 Å². The van der Waals surface area contributed by atoms with Crippen LogP contribution in [0, 0.1) is 11.6 Å². The minimum atomic E-state index is -1.15. The van der Waals surface area contributed by atoms with Crippen molar-refractivity contribution in [2.75, 3.05) is 13.6 Å². The molecule has 0 aliphatic heterocycles. The normalized spacial score (nSPS) is 18.5. The predicted octanol–water partition coefficient (Wildman–Crippen LogP) is 4.24. The molecule has 0 spiro atoms. The number of carbonyl (C=O) groups excluding carboxylic acids is 3. The molecule has 1 atom stereocenters. The first-order chi connectivity index (χ1) is 14.8. The summed E-state index contributed by atoms with van der Waals surface area (Å²) < 4.78 is 26.8. The lowest BCUT2D eigenvalue weighted by Gasteiger charge is -2.44. The number of hydrogen-bond acceptors (Lipinski definition) is 3. The third-order valence-electron chi connectivity index (χ3n) is 5.72. The topological polar surface area (TPSA) is 66.5 Å². The summed E-state index contributed by atoms with van der Waals surface area (Å²) >= 11 is 6.39. The highest BCUT2D eigenvalue weighted by Crippen LogP contribution is 2.42. The zero-order chi connectivity index (χ0) is 22.6. The second kappa shape index (κ2) is 9.56. The number of halogens is 3. The van der Waals surface area contributed by atoms with E-state index in [2.05, 4.69) is 5.32 Å². The molecule has 1 fully saturated rings. The van der Waals surface area contributed by atoms with Crippen LogP contribution < -0.4 is 5.32 Å². The quantitative estimate of drug-likeness (QED) is 0.719. The number of amides is 2. The zero-order valence-electron chi connectivity index (χ0n) is 17.1. The minimum Gasteiger partial charge on any atom is -0.351 e. The molecule has 3 rings (SSSR count). The van der Waals surface area contributed by atoms with E-state index in [4.69, 9.17) is 11.6 Å². The van der Waals surface area contributed by atoms with E-state index < -0.39 is 23.1 Å². The standard InChI is InChI=1S/C23H23ClF2N2O3/c1-28(21(30)11-13-27-22(31)16-10-9-15(25)14-19(16)26)23(12-5-4-8-20(23)29)17-6-2-3-7-18(17)24/h2-3,6-7,9-10,14H,4-5,8,11-13H2,1H3,(H,27,31)/t23-/m0/s1. The van der Waals surface area contributed by atoms with Crippen molar-refractivity contribution < 1.29 is 23.2 Å². The minimum absolute atomic E-state index is 0.0639. The summed E-state index contributed by atoms with van der Waals surface area (Å²) in [4.78, 5) is 39.6. The molecule has 5 nitrogen and oxygen atoms in total. The van der Waals surface area contributed by atoms with E-state index in [-0.39, 0.29) is 30.2 Å². The third-order valence-corrected chi connectivity index (χ3v) is 6.05. The average Bonchev–Trinajstić information content (AvgIpc) is 2.74. The number of hydrogen-bond donors (Lipinski definition) is 1. The van der Waals surface area contributed by atoms with Crippen LogP contribution in [0.25, 0.3) is 0 Å². The molecule has 2 aromatic carbocycles. The number of rotatable bonds is 6. The van der Waals surface area contributed by atoms with Crippen molar-refractivity contribution in [2.45, 2.75) is 37.6 Å². The summed E-state index contributed by atoms with van der Waals surface area (Å²) in [6.45, 7) is -0.0639. The molecule has 0 saturated heterocycles. The maximum absolute atomic E-state index is 13.8. The van der Waals surface area contributed by atoms with Gasteiger partial charge in [-0.1, -0.05) is 29.8 Å². The van der Waals surface area contributed by atoms with E-state index in [1.807, 2.05) is 0 Å². The van der Waals surface area contributed by atoms with Crippen LogP contribution in [0.1, 0.15) is 48.0 Å². The summed E-state index contributed by atoms with van der Waals surface area (Å²) in [7, 11) is 1.57. The summed E-state index contributed by atoms with van der Waals surface area (Å²) in [6, 6.07) is 9.64. The van der Waals surface area contributed by atoms with Crippen LogP contribution in [-0.2, 0) is 15.1 Å². The van der Waals surface area contributed by atoms with E-state index in [1.165, 1.54) is 4.90 Å². The van der Waals surface area contributed by atoms with Crippen LogP contribution in [0.15, 0.2) is 42.5 Å². The first-order valence-electron chi connectivity index (χ1n) is 10.1. The maximum atomic E-state index is 13.8. The van der Waals surface area contributed by atoms with Crippen molar-refractivity contribution in [1.29, 1.82) is 0 Å². The first-order valence-corrected chi connectivity index (χ1v) is 10.4. The Hall–Kier alpha value is -2.80. The Bertz CT molecular complexity index is 1010. The van der Waals surface area contributed by atoms with Gasteiger partial charge in [-0.3, -0.25) is 14.4 Å². The number of carbonyl (C=O) groups is 3. The molecule has 2 amide bonds. The summed E-state index contributed by atoms with van der Waals surface area (Å²) in [6.07, 6.45) is 2.25. The van der Waals surface area contributed by atoms with Crippen LogP contribution in [0.3, 0.4) is 0 Å². The molecular formula is C23H23ClF2N2O3. The number of likely N-dealkylation sites (N-methyl/N-ethyl adjacent to an activating group) is 1. The molecule has 0 bridgehead atoms. The molecule has 1 N–H and O–H groups in total. The van der Waals surface area contributed by atoms with Gasteiger partial charge in [0.15, 0.2) is 5.78 Å². The van der Waals surface area contributed by atoms with Crippen molar-refractivity contribution >= 4 is 29.2 Å². The van der Waals surface area contributed by atoms with Gasteiger partial charge in [-0.05, 0) is 37.5 Å². The van der Waals surface area contributed by atoms with Gasteiger partial charge in [-0.2, -0.15) is 0 Å². The Labute approximate surface area is 184 Å². The molecule has 164 valence electrons. The van der Waals surface area contributed by atoms with Gasteiger partial charge < -0.3 is 10.2 Å². The van der Waals surface area contributed by atoms with Gasteiger partial charge in [0, 0.05) is 43.1 Å². The van der Waals surface area contributed by atoms with Crippen molar-refractivity contribution in [2.24, 2.45) is 0 Å². The molecule has 0 aromatic heterocycles. The van der Waals surface area contributed by atoms with Crippen LogP contribution in [0.4, 0.5) is 8.78 Å². The molecule has 0 heterocycles. The highest BCUT2D eigenvalue weighted by Gasteiger charge is 2.47. The van der Waals surface area contributed by atoms with Gasteiger partial charge in [-0.15, -0.1) is 0 Å². The summed E-state index contributed by atoms with van der Waals surface area (Å²) in [5.41, 5.74) is -0.868. The number of Topliss-reactive ketones (excluding diaryl/α,β-unsaturated/α-hetero) is 1. The molecule has 1 aliphatic carbocycles. The summed E-state index contributed by atoms with van der Waals surface area (Å²) in [5.74, 6) is -2.93. The fraction of sp³-hybridized carbons (Fsp3) is 0.348. The SMILES string of the molecule is CN(C(=O)CCNC(=O)c1ccc(F)cc1F)[C@]1(c2ccccc2Cl)CCCCC1=O. The highest BCUT2D eigenvalue weighted by atomic mass is 35.5. The van der Waals surface area contributed by atoms with Crippen LogP contribution in [0.2, 0.25) is 5.02 Å². The van der Waals surface area contributed by atoms with Gasteiger partial charge in [0.25, 0.3) is 5.91 Å². The number of benzene rings is 2.